The van der Waals surface area contributed by atoms with Gasteiger partial charge in [0.1, 0.15) is 11.4 Å². The van der Waals surface area contributed by atoms with Gasteiger partial charge in [-0.05, 0) is 19.1 Å². The van der Waals surface area contributed by atoms with Crippen LogP contribution in [0.5, 0.6) is 0 Å². The number of rotatable bonds is 3. The highest BCUT2D eigenvalue weighted by Crippen LogP contribution is 2.39. The first kappa shape index (κ1) is 18.0. The smallest absolute Gasteiger partial charge is 0.416 e. The maximum absolute atomic E-state index is 12.7. The maximum Gasteiger partial charge on any atom is 0.416 e. The fraction of sp³-hybridized carbons (Fsp3) is 0.167. The predicted molar refractivity (Wildman–Crippen MR) is 76.9 cm³/mol. The molecule has 0 unspecified atom stereocenters. The van der Waals surface area contributed by atoms with Crippen molar-refractivity contribution in [1.82, 2.24) is 9.78 Å². The molecule has 0 bridgehead atoms. The van der Waals surface area contributed by atoms with Crippen LogP contribution in [-0.2, 0) is 6.18 Å². The minimum atomic E-state index is -4.73. The van der Waals surface area contributed by atoms with Gasteiger partial charge in [0.2, 0.25) is 5.69 Å². The molecule has 0 aliphatic carbocycles. The number of aromatic carboxylic acids is 1. The molecule has 0 fully saturated rings. The molecule has 2 aromatic rings. The third kappa shape index (κ3) is 3.02. The summed E-state index contributed by atoms with van der Waals surface area (Å²) >= 11 is 11.6. The SMILES string of the molecule is Cc1nn(-c2c(Cl)cc(C(F)(F)F)cc2Cl)c(C(=O)O)c1[N+](=O)[O-]. The second kappa shape index (κ2) is 5.95. The Morgan fingerprint density at radius 1 is 1.33 bits per heavy atom. The van der Waals surface area contributed by atoms with E-state index in [0.717, 1.165) is 0 Å². The molecule has 1 heterocycles. The van der Waals surface area contributed by atoms with Gasteiger partial charge in [0, 0.05) is 0 Å². The summed E-state index contributed by atoms with van der Waals surface area (Å²) in [6.45, 7) is 1.17. The molecule has 0 saturated carbocycles. The zero-order valence-electron chi connectivity index (χ0n) is 11.6. The lowest BCUT2D eigenvalue weighted by Gasteiger charge is -2.13. The number of nitrogens with zero attached hydrogens (tertiary/aromatic N) is 3. The molecule has 1 aromatic carbocycles. The van der Waals surface area contributed by atoms with Crippen molar-refractivity contribution in [2.24, 2.45) is 0 Å². The van der Waals surface area contributed by atoms with E-state index in [-0.39, 0.29) is 5.69 Å². The van der Waals surface area contributed by atoms with Gasteiger partial charge in [0.25, 0.3) is 0 Å². The summed E-state index contributed by atoms with van der Waals surface area (Å²) in [4.78, 5) is 21.4. The lowest BCUT2D eigenvalue weighted by atomic mass is 10.2. The van der Waals surface area contributed by atoms with Crippen LogP contribution in [0.25, 0.3) is 5.69 Å². The number of alkyl halides is 3. The summed E-state index contributed by atoms with van der Waals surface area (Å²) in [5.74, 6) is -1.71. The number of halogens is 5. The summed E-state index contributed by atoms with van der Waals surface area (Å²) < 4.78 is 38.8. The van der Waals surface area contributed by atoms with E-state index in [1.54, 1.807) is 0 Å². The van der Waals surface area contributed by atoms with Crippen LogP contribution in [0.4, 0.5) is 18.9 Å². The molecule has 1 N–H and O–H groups in total. The van der Waals surface area contributed by atoms with E-state index in [1.165, 1.54) is 6.92 Å². The Balaban J connectivity index is 2.81. The number of aromatic nitrogens is 2. The Bertz CT molecular complexity index is 841. The van der Waals surface area contributed by atoms with Crippen molar-refractivity contribution in [3.63, 3.8) is 0 Å². The largest absolute Gasteiger partial charge is 0.476 e. The summed E-state index contributed by atoms with van der Waals surface area (Å²) in [6.07, 6.45) is -4.73. The van der Waals surface area contributed by atoms with Gasteiger partial charge in [-0.25, -0.2) is 9.48 Å². The van der Waals surface area contributed by atoms with Gasteiger partial charge in [0.15, 0.2) is 0 Å². The van der Waals surface area contributed by atoms with Crippen LogP contribution in [-0.4, -0.2) is 25.8 Å². The normalized spacial score (nSPS) is 11.6. The van der Waals surface area contributed by atoms with Gasteiger partial charge < -0.3 is 5.11 Å². The molecule has 2 rings (SSSR count). The van der Waals surface area contributed by atoms with Crippen LogP contribution in [0.15, 0.2) is 12.1 Å². The van der Waals surface area contributed by atoms with Gasteiger partial charge in [-0.1, -0.05) is 23.2 Å². The molecule has 0 radical (unpaired) electrons. The van der Waals surface area contributed by atoms with Gasteiger partial charge in [0.05, 0.1) is 20.5 Å². The van der Waals surface area contributed by atoms with E-state index in [4.69, 9.17) is 23.2 Å². The third-order valence-electron chi connectivity index (χ3n) is 2.97. The van der Waals surface area contributed by atoms with Crippen molar-refractivity contribution in [3.05, 3.63) is 49.2 Å². The molecule has 12 heteroatoms. The zero-order chi connectivity index (χ0) is 18.4. The van der Waals surface area contributed by atoms with Crippen molar-refractivity contribution in [1.29, 1.82) is 0 Å². The van der Waals surface area contributed by atoms with Crippen molar-refractivity contribution >= 4 is 34.9 Å². The van der Waals surface area contributed by atoms with E-state index in [9.17, 15) is 33.2 Å². The number of benzene rings is 1. The van der Waals surface area contributed by atoms with E-state index >= 15 is 0 Å². The molecule has 1 aromatic heterocycles. The number of nitro groups is 1. The second-order valence-electron chi connectivity index (χ2n) is 4.54. The number of aryl methyl sites for hydroxylation is 1. The molecule has 0 aliphatic rings. The molecule has 24 heavy (non-hydrogen) atoms. The third-order valence-corrected chi connectivity index (χ3v) is 3.55. The monoisotopic (exact) mass is 383 g/mol. The minimum absolute atomic E-state index is 0.260. The van der Waals surface area contributed by atoms with Gasteiger partial charge >= 0.3 is 17.8 Å². The quantitative estimate of drug-likeness (QED) is 0.634. The molecule has 7 nitrogen and oxygen atoms in total. The maximum atomic E-state index is 12.7. The number of carboxylic acids is 1. The standard InChI is InChI=1S/C12H6Cl2F3N3O4/c1-4-8(20(23)24)10(11(21)22)19(18-4)9-6(13)2-5(3-7(9)14)12(15,16)17/h2-3H,1H3,(H,21,22). The highest BCUT2D eigenvalue weighted by atomic mass is 35.5. The van der Waals surface area contributed by atoms with Crippen LogP contribution in [0.1, 0.15) is 21.7 Å². The number of hydrogen-bond donors (Lipinski definition) is 1. The Hall–Kier alpha value is -2.33. The van der Waals surface area contributed by atoms with E-state index in [1.807, 2.05) is 0 Å². The van der Waals surface area contributed by atoms with Gasteiger partial charge in [-0.15, -0.1) is 0 Å². The van der Waals surface area contributed by atoms with Gasteiger partial charge in [-0.2, -0.15) is 18.3 Å². The van der Waals surface area contributed by atoms with E-state index in [2.05, 4.69) is 5.10 Å². The highest BCUT2D eigenvalue weighted by Gasteiger charge is 2.35. The fourth-order valence-corrected chi connectivity index (χ4v) is 2.67. The Morgan fingerprint density at radius 2 is 1.83 bits per heavy atom. The second-order valence-corrected chi connectivity index (χ2v) is 5.36. The number of carbonyl (C=O) groups is 1. The average molecular weight is 384 g/mol. The van der Waals surface area contributed by atoms with E-state index in [0.29, 0.717) is 16.8 Å². The highest BCUT2D eigenvalue weighted by molar-refractivity contribution is 6.38. The van der Waals surface area contributed by atoms with Gasteiger partial charge in [-0.3, -0.25) is 10.1 Å². The van der Waals surface area contributed by atoms with Crippen LogP contribution < -0.4 is 0 Å². The lowest BCUT2D eigenvalue weighted by molar-refractivity contribution is -0.385. The predicted octanol–water partition coefficient (Wildman–Crippen LogP) is 4.11. The van der Waals surface area contributed by atoms with Crippen molar-refractivity contribution in [2.75, 3.05) is 0 Å². The average Bonchev–Trinajstić information content (AvgIpc) is 2.74. The van der Waals surface area contributed by atoms with Crippen molar-refractivity contribution in [3.8, 4) is 5.69 Å². The Kier molecular flexibility index (Phi) is 4.46. The molecular formula is C12H6Cl2F3N3O4. The van der Waals surface area contributed by atoms with Crippen LogP contribution in [0, 0.1) is 17.0 Å². The fourth-order valence-electron chi connectivity index (χ4n) is 2.02. The zero-order valence-corrected chi connectivity index (χ0v) is 13.1. The Morgan fingerprint density at radius 3 is 2.21 bits per heavy atom. The number of carboxylic acid groups (broad SMARTS) is 1. The first-order valence-electron chi connectivity index (χ1n) is 5.99. The first-order chi connectivity index (χ1) is 10.9. The topological polar surface area (TPSA) is 98.3 Å². The van der Waals surface area contributed by atoms with Crippen LogP contribution in [0.2, 0.25) is 10.0 Å². The summed E-state index contributed by atoms with van der Waals surface area (Å²) in [5, 5.41) is 22.8. The van der Waals surface area contributed by atoms with E-state index < -0.39 is 49.7 Å². The molecule has 128 valence electrons. The summed E-state index contributed by atoms with van der Waals surface area (Å²) in [5.41, 5.74) is -3.50. The lowest BCUT2D eigenvalue weighted by Crippen LogP contribution is -2.12. The minimum Gasteiger partial charge on any atom is -0.476 e. The molecule has 0 amide bonds. The summed E-state index contributed by atoms with van der Waals surface area (Å²) in [7, 11) is 0. The molecular weight excluding hydrogens is 378 g/mol. The first-order valence-corrected chi connectivity index (χ1v) is 6.74. The van der Waals surface area contributed by atoms with Crippen LogP contribution in [0.3, 0.4) is 0 Å². The van der Waals surface area contributed by atoms with Crippen LogP contribution >= 0.6 is 23.2 Å². The molecule has 0 spiro atoms. The van der Waals surface area contributed by atoms with Crippen molar-refractivity contribution < 1.29 is 28.0 Å². The summed E-state index contributed by atoms with van der Waals surface area (Å²) in [6, 6.07) is 1.05. The van der Waals surface area contributed by atoms with Crippen molar-refractivity contribution in [2.45, 2.75) is 13.1 Å². The number of hydrogen-bond acceptors (Lipinski definition) is 4. The molecule has 0 aliphatic heterocycles. The molecule has 0 atom stereocenters. The Labute approximate surface area is 141 Å². The molecule has 0 saturated heterocycles.